The Bertz CT molecular complexity index is 670. The van der Waals surface area contributed by atoms with Gasteiger partial charge in [-0.2, -0.15) is 0 Å². The van der Waals surface area contributed by atoms with Crippen LogP contribution >= 0.6 is 22.0 Å². The van der Waals surface area contributed by atoms with Crippen LogP contribution in [0.1, 0.15) is 16.6 Å². The van der Waals surface area contributed by atoms with Gasteiger partial charge in [-0.3, -0.25) is 4.79 Å². The first-order valence-electron chi connectivity index (χ1n) is 4.38. The molecule has 3 nitrogen and oxygen atoms in total. The van der Waals surface area contributed by atoms with E-state index in [1.54, 1.807) is 18.2 Å². The predicted octanol–water partition coefficient (Wildman–Crippen LogP) is 3.03. The van der Waals surface area contributed by atoms with Gasteiger partial charge in [0.1, 0.15) is 0 Å². The Labute approximate surface area is 101 Å². The third-order valence-corrected chi connectivity index (χ3v) is 4.71. The molecule has 2 rings (SSSR count). The highest BCUT2D eigenvalue weighted by atomic mass is 35.7. The van der Waals surface area contributed by atoms with Crippen LogP contribution in [-0.2, 0) is 9.05 Å². The van der Waals surface area contributed by atoms with Gasteiger partial charge >= 0.3 is 0 Å². The van der Waals surface area contributed by atoms with E-state index in [-0.39, 0.29) is 10.7 Å². The summed E-state index contributed by atoms with van der Waals surface area (Å²) in [5.74, 6) is -0.0841. The fourth-order valence-electron chi connectivity index (χ4n) is 1.42. The van der Waals surface area contributed by atoms with Crippen LogP contribution in [0.2, 0.25) is 0 Å². The smallest absolute Gasteiger partial charge is 0.261 e. The van der Waals surface area contributed by atoms with E-state index < -0.39 is 9.05 Å². The molecule has 1 heterocycles. The van der Waals surface area contributed by atoms with E-state index >= 15 is 0 Å². The lowest BCUT2D eigenvalue weighted by atomic mass is 10.2. The molecule has 0 saturated carbocycles. The minimum absolute atomic E-state index is 0.0513. The molecular weight excluding hydrogens is 268 g/mol. The third kappa shape index (κ3) is 1.98. The SMILES string of the molecule is CC(=O)c1cc2c(S(=O)(=O)Cl)cccc2s1. The molecule has 0 radical (unpaired) electrons. The molecule has 0 unspecified atom stereocenters. The number of halogens is 1. The highest BCUT2D eigenvalue weighted by Crippen LogP contribution is 2.32. The van der Waals surface area contributed by atoms with E-state index in [0.717, 1.165) is 4.70 Å². The standard InChI is InChI=1S/C10H7ClO3S2/c1-6(12)9-5-7-8(15-9)3-2-4-10(7)16(11,13)14/h2-5H,1H3. The van der Waals surface area contributed by atoms with Crippen molar-refractivity contribution in [1.29, 1.82) is 0 Å². The highest BCUT2D eigenvalue weighted by Gasteiger charge is 2.16. The minimum atomic E-state index is -3.77. The average molecular weight is 275 g/mol. The van der Waals surface area contributed by atoms with Crippen LogP contribution in [0.3, 0.4) is 0 Å². The van der Waals surface area contributed by atoms with Crippen molar-refractivity contribution in [1.82, 2.24) is 0 Å². The van der Waals surface area contributed by atoms with Crippen LogP contribution in [0.25, 0.3) is 10.1 Å². The van der Waals surface area contributed by atoms with Crippen LogP contribution in [-0.4, -0.2) is 14.2 Å². The summed E-state index contributed by atoms with van der Waals surface area (Å²) >= 11 is 1.26. The lowest BCUT2D eigenvalue weighted by Gasteiger charge is -1.96. The fraction of sp³-hybridized carbons (Fsp3) is 0.100. The maximum absolute atomic E-state index is 11.3. The molecular formula is C10H7ClO3S2. The lowest BCUT2D eigenvalue weighted by molar-refractivity contribution is 0.102. The zero-order chi connectivity index (χ0) is 11.9. The molecule has 0 saturated heterocycles. The summed E-state index contributed by atoms with van der Waals surface area (Å²) in [5.41, 5.74) is 0. The van der Waals surface area contributed by atoms with Gasteiger partial charge in [0, 0.05) is 20.8 Å². The number of carbonyl (C=O) groups is 1. The van der Waals surface area contributed by atoms with Crippen molar-refractivity contribution >= 4 is 46.9 Å². The minimum Gasteiger partial charge on any atom is -0.294 e. The highest BCUT2D eigenvalue weighted by molar-refractivity contribution is 8.14. The van der Waals surface area contributed by atoms with Crippen molar-refractivity contribution in [2.75, 3.05) is 0 Å². The van der Waals surface area contributed by atoms with E-state index in [2.05, 4.69) is 0 Å². The van der Waals surface area contributed by atoms with Crippen LogP contribution in [0, 0.1) is 0 Å². The number of hydrogen-bond acceptors (Lipinski definition) is 4. The zero-order valence-corrected chi connectivity index (χ0v) is 10.6. The first kappa shape index (κ1) is 11.6. The number of ketones is 1. The Hall–Kier alpha value is -0.910. The summed E-state index contributed by atoms with van der Waals surface area (Å²) in [4.78, 5) is 11.8. The van der Waals surface area contributed by atoms with Gasteiger partial charge in [0.2, 0.25) is 0 Å². The Kier molecular flexibility index (Phi) is 2.77. The molecule has 0 bridgehead atoms. The molecule has 0 aliphatic carbocycles. The van der Waals surface area contributed by atoms with Crippen LogP contribution < -0.4 is 0 Å². The molecule has 16 heavy (non-hydrogen) atoms. The normalized spacial score (nSPS) is 11.9. The van der Waals surface area contributed by atoms with Crippen molar-refractivity contribution in [3.8, 4) is 0 Å². The Morgan fingerprint density at radius 3 is 2.62 bits per heavy atom. The van der Waals surface area contributed by atoms with Gasteiger partial charge in [0.05, 0.1) is 9.77 Å². The molecule has 0 spiro atoms. The maximum atomic E-state index is 11.3. The van der Waals surface area contributed by atoms with Crippen molar-refractivity contribution in [2.24, 2.45) is 0 Å². The molecule has 0 aliphatic rings. The summed E-state index contributed by atoms with van der Waals surface area (Å²) in [7, 11) is 1.54. The summed E-state index contributed by atoms with van der Waals surface area (Å²) in [6.45, 7) is 1.44. The number of thiophene rings is 1. The zero-order valence-electron chi connectivity index (χ0n) is 8.23. The van der Waals surface area contributed by atoms with Gasteiger partial charge in [0.15, 0.2) is 5.78 Å². The molecule has 0 N–H and O–H groups in total. The Morgan fingerprint density at radius 1 is 1.38 bits per heavy atom. The molecule has 84 valence electrons. The second-order valence-electron chi connectivity index (χ2n) is 3.27. The molecule has 6 heteroatoms. The largest absolute Gasteiger partial charge is 0.294 e. The number of fused-ring (bicyclic) bond motifs is 1. The topological polar surface area (TPSA) is 51.2 Å². The number of rotatable bonds is 2. The molecule has 2 aromatic rings. The molecule has 1 aromatic heterocycles. The molecule has 1 aromatic carbocycles. The molecule has 0 amide bonds. The van der Waals surface area contributed by atoms with Gasteiger partial charge in [-0.1, -0.05) is 6.07 Å². The van der Waals surface area contributed by atoms with E-state index in [1.165, 1.54) is 24.3 Å². The van der Waals surface area contributed by atoms with Gasteiger partial charge in [-0.05, 0) is 25.1 Å². The average Bonchev–Trinajstić information content (AvgIpc) is 2.58. The van der Waals surface area contributed by atoms with Gasteiger partial charge in [-0.15, -0.1) is 11.3 Å². The second-order valence-corrected chi connectivity index (χ2v) is 6.89. The molecule has 0 aliphatic heterocycles. The monoisotopic (exact) mass is 274 g/mol. The molecule has 0 atom stereocenters. The van der Waals surface area contributed by atoms with Crippen molar-refractivity contribution in [3.05, 3.63) is 29.1 Å². The van der Waals surface area contributed by atoms with E-state index in [1.807, 2.05) is 0 Å². The summed E-state index contributed by atoms with van der Waals surface area (Å²) in [6.07, 6.45) is 0. The summed E-state index contributed by atoms with van der Waals surface area (Å²) in [6, 6.07) is 6.37. The number of Topliss-reactive ketones (excluding diaryl/α,β-unsaturated/α-hetero) is 1. The van der Waals surface area contributed by atoms with Crippen molar-refractivity contribution in [2.45, 2.75) is 11.8 Å². The van der Waals surface area contributed by atoms with E-state index in [4.69, 9.17) is 10.7 Å². The predicted molar refractivity (Wildman–Crippen MR) is 64.9 cm³/mol. The molecule has 0 fully saturated rings. The number of benzene rings is 1. The lowest BCUT2D eigenvalue weighted by Crippen LogP contribution is -1.90. The summed E-state index contributed by atoms with van der Waals surface area (Å²) < 4.78 is 23.4. The number of carbonyl (C=O) groups excluding carboxylic acids is 1. The van der Waals surface area contributed by atoms with Gasteiger partial charge in [0.25, 0.3) is 9.05 Å². The van der Waals surface area contributed by atoms with Gasteiger partial charge < -0.3 is 0 Å². The van der Waals surface area contributed by atoms with Crippen LogP contribution in [0.15, 0.2) is 29.2 Å². The first-order chi connectivity index (χ1) is 7.39. The Balaban J connectivity index is 2.83. The van der Waals surface area contributed by atoms with E-state index in [0.29, 0.717) is 10.3 Å². The quantitative estimate of drug-likeness (QED) is 0.625. The second kappa shape index (κ2) is 3.84. The fourth-order valence-corrected chi connectivity index (χ4v) is 3.54. The van der Waals surface area contributed by atoms with Crippen LogP contribution in [0.4, 0.5) is 0 Å². The van der Waals surface area contributed by atoms with Crippen molar-refractivity contribution in [3.63, 3.8) is 0 Å². The summed E-state index contributed by atoms with van der Waals surface area (Å²) in [5, 5.41) is 0.507. The van der Waals surface area contributed by atoms with E-state index in [9.17, 15) is 13.2 Å². The third-order valence-electron chi connectivity index (χ3n) is 2.13. The van der Waals surface area contributed by atoms with Crippen molar-refractivity contribution < 1.29 is 13.2 Å². The number of hydrogen-bond donors (Lipinski definition) is 0. The van der Waals surface area contributed by atoms with Gasteiger partial charge in [-0.25, -0.2) is 8.42 Å². The Morgan fingerprint density at radius 2 is 2.06 bits per heavy atom. The maximum Gasteiger partial charge on any atom is 0.261 e. The van der Waals surface area contributed by atoms with Crippen LogP contribution in [0.5, 0.6) is 0 Å². The first-order valence-corrected chi connectivity index (χ1v) is 7.50.